The zero-order valence-electron chi connectivity index (χ0n) is 13.2. The number of para-hydroxylation sites is 1. The molecule has 0 aromatic heterocycles. The molecule has 1 aromatic rings. The maximum Gasteiger partial charge on any atom is 0.200 e. The van der Waals surface area contributed by atoms with Crippen LogP contribution in [0.5, 0.6) is 17.2 Å². The fraction of sp³-hybridized carbons (Fsp3) is 0.625. The zero-order chi connectivity index (χ0) is 16.2. The van der Waals surface area contributed by atoms with Gasteiger partial charge in [0.05, 0.1) is 52.9 Å². The van der Waals surface area contributed by atoms with E-state index in [9.17, 15) is 5.11 Å². The largest absolute Gasteiger partial charge is 0.502 e. The standard InChI is InChI=1S/C16H24O7/c17-16-14-2-1-3-15(16)23-13-11-21-9-7-19-5-4-18-6-8-20-10-12-22-14/h1-3,17H,4-13H2. The van der Waals surface area contributed by atoms with E-state index in [1.807, 2.05) is 0 Å². The Labute approximate surface area is 136 Å². The lowest BCUT2D eigenvalue weighted by atomic mass is 10.3. The van der Waals surface area contributed by atoms with Gasteiger partial charge in [0.1, 0.15) is 13.2 Å². The van der Waals surface area contributed by atoms with Gasteiger partial charge in [0.25, 0.3) is 0 Å². The molecule has 2 bridgehead atoms. The van der Waals surface area contributed by atoms with E-state index in [4.69, 9.17) is 28.4 Å². The van der Waals surface area contributed by atoms with Gasteiger partial charge < -0.3 is 33.5 Å². The molecular formula is C16H24O7. The second kappa shape index (κ2) is 11.1. The van der Waals surface area contributed by atoms with Crippen molar-refractivity contribution in [2.24, 2.45) is 0 Å². The molecule has 1 aliphatic heterocycles. The summed E-state index contributed by atoms with van der Waals surface area (Å²) in [5.74, 6) is 0.723. The van der Waals surface area contributed by atoms with Gasteiger partial charge in [0.15, 0.2) is 11.5 Å². The third kappa shape index (κ3) is 7.04. The van der Waals surface area contributed by atoms with Gasteiger partial charge in [-0.15, -0.1) is 0 Å². The molecule has 1 N–H and O–H groups in total. The minimum Gasteiger partial charge on any atom is -0.502 e. The molecule has 7 heteroatoms. The minimum atomic E-state index is -0.0166. The summed E-state index contributed by atoms with van der Waals surface area (Å²) < 4.78 is 32.5. The molecule has 7 nitrogen and oxygen atoms in total. The normalized spacial score (nSPS) is 19.5. The molecular weight excluding hydrogens is 304 g/mol. The molecule has 0 amide bonds. The van der Waals surface area contributed by atoms with Crippen molar-refractivity contribution in [2.45, 2.75) is 0 Å². The number of benzene rings is 1. The van der Waals surface area contributed by atoms with Crippen molar-refractivity contribution in [3.05, 3.63) is 18.2 Å². The SMILES string of the molecule is Oc1c2cccc1OCCOCCOCCOCCOCCO2. The highest BCUT2D eigenvalue weighted by atomic mass is 16.6. The molecule has 1 heterocycles. The summed E-state index contributed by atoms with van der Waals surface area (Å²) in [6.07, 6.45) is 0. The first-order valence-corrected chi connectivity index (χ1v) is 7.76. The van der Waals surface area contributed by atoms with Crippen molar-refractivity contribution < 1.29 is 33.5 Å². The molecule has 1 aromatic carbocycles. The summed E-state index contributed by atoms with van der Waals surface area (Å²) in [5.41, 5.74) is 0. The van der Waals surface area contributed by atoms with E-state index < -0.39 is 0 Å². The molecule has 0 aliphatic carbocycles. The Balaban J connectivity index is 1.84. The second-order valence-corrected chi connectivity index (χ2v) is 4.75. The van der Waals surface area contributed by atoms with E-state index in [1.165, 1.54) is 0 Å². The summed E-state index contributed by atoms with van der Waals surface area (Å²) in [5, 5.41) is 10.1. The third-order valence-corrected chi connectivity index (χ3v) is 3.05. The lowest BCUT2D eigenvalue weighted by Crippen LogP contribution is -2.14. The van der Waals surface area contributed by atoms with Crippen LogP contribution < -0.4 is 9.47 Å². The van der Waals surface area contributed by atoms with E-state index in [0.29, 0.717) is 77.6 Å². The highest BCUT2D eigenvalue weighted by molar-refractivity contribution is 5.49. The quantitative estimate of drug-likeness (QED) is 0.767. The van der Waals surface area contributed by atoms with Gasteiger partial charge in [-0.3, -0.25) is 0 Å². The van der Waals surface area contributed by atoms with Crippen LogP contribution in [0.25, 0.3) is 0 Å². The minimum absolute atomic E-state index is 0.0166. The van der Waals surface area contributed by atoms with E-state index in [0.717, 1.165) is 0 Å². The van der Waals surface area contributed by atoms with Crippen LogP contribution in [0.15, 0.2) is 18.2 Å². The van der Waals surface area contributed by atoms with E-state index in [1.54, 1.807) is 18.2 Å². The predicted octanol–water partition coefficient (Wildman–Crippen LogP) is 1.23. The van der Waals surface area contributed by atoms with Crippen LogP contribution >= 0.6 is 0 Å². The molecule has 1 aliphatic rings. The van der Waals surface area contributed by atoms with Gasteiger partial charge in [0.2, 0.25) is 5.75 Å². The fourth-order valence-electron chi connectivity index (χ4n) is 1.92. The Bertz CT molecular complexity index is 402. The van der Waals surface area contributed by atoms with Crippen molar-refractivity contribution in [1.29, 1.82) is 0 Å². The third-order valence-electron chi connectivity index (χ3n) is 3.05. The van der Waals surface area contributed by atoms with Gasteiger partial charge >= 0.3 is 0 Å². The molecule has 130 valence electrons. The molecule has 0 radical (unpaired) electrons. The van der Waals surface area contributed by atoms with Crippen LogP contribution in [-0.2, 0) is 18.9 Å². The number of hydrogen-bond donors (Lipinski definition) is 1. The maximum atomic E-state index is 10.1. The smallest absolute Gasteiger partial charge is 0.200 e. The molecule has 0 saturated carbocycles. The summed E-state index contributed by atoms with van der Waals surface area (Å²) in [6.45, 7) is 4.56. The number of phenols is 1. The summed E-state index contributed by atoms with van der Waals surface area (Å²) in [7, 11) is 0. The van der Waals surface area contributed by atoms with Crippen LogP contribution in [0.2, 0.25) is 0 Å². The molecule has 0 saturated heterocycles. The molecule has 2 rings (SSSR count). The van der Waals surface area contributed by atoms with E-state index in [-0.39, 0.29) is 5.75 Å². The Morgan fingerprint density at radius 3 is 1.30 bits per heavy atom. The second-order valence-electron chi connectivity index (χ2n) is 4.75. The first kappa shape index (κ1) is 17.8. The molecule has 0 unspecified atom stereocenters. The summed E-state index contributed by atoms with van der Waals surface area (Å²) in [4.78, 5) is 0. The molecule has 23 heavy (non-hydrogen) atoms. The summed E-state index contributed by atoms with van der Waals surface area (Å²) >= 11 is 0. The number of ether oxygens (including phenoxy) is 6. The van der Waals surface area contributed by atoms with Gasteiger partial charge in [0, 0.05) is 0 Å². The topological polar surface area (TPSA) is 75.6 Å². The van der Waals surface area contributed by atoms with Crippen LogP contribution in [-0.4, -0.2) is 71.2 Å². The predicted molar refractivity (Wildman–Crippen MR) is 82.4 cm³/mol. The Hall–Kier alpha value is -1.54. The highest BCUT2D eigenvalue weighted by Crippen LogP contribution is 2.35. The number of rotatable bonds is 0. The first-order chi connectivity index (χ1) is 11.4. The first-order valence-electron chi connectivity index (χ1n) is 7.76. The lowest BCUT2D eigenvalue weighted by Gasteiger charge is -2.12. The van der Waals surface area contributed by atoms with Crippen molar-refractivity contribution in [3.63, 3.8) is 0 Å². The number of fused-ring (bicyclic) bond motifs is 2. The van der Waals surface area contributed by atoms with Gasteiger partial charge in [-0.2, -0.15) is 0 Å². The Kier molecular flexibility index (Phi) is 8.57. The lowest BCUT2D eigenvalue weighted by molar-refractivity contribution is -0.00664. The van der Waals surface area contributed by atoms with Crippen LogP contribution in [0.3, 0.4) is 0 Å². The van der Waals surface area contributed by atoms with Gasteiger partial charge in [-0.25, -0.2) is 0 Å². The average molecular weight is 328 g/mol. The van der Waals surface area contributed by atoms with Crippen molar-refractivity contribution in [1.82, 2.24) is 0 Å². The van der Waals surface area contributed by atoms with Gasteiger partial charge in [-0.05, 0) is 12.1 Å². The average Bonchev–Trinajstić information content (AvgIpc) is 2.56. The van der Waals surface area contributed by atoms with Crippen LogP contribution in [0.4, 0.5) is 0 Å². The van der Waals surface area contributed by atoms with Gasteiger partial charge in [-0.1, -0.05) is 6.07 Å². The molecule has 0 atom stereocenters. The van der Waals surface area contributed by atoms with Crippen molar-refractivity contribution in [2.75, 3.05) is 66.1 Å². The molecule has 0 fully saturated rings. The Morgan fingerprint density at radius 2 is 0.913 bits per heavy atom. The zero-order valence-corrected chi connectivity index (χ0v) is 13.2. The highest BCUT2D eigenvalue weighted by Gasteiger charge is 2.09. The number of hydrogen-bond acceptors (Lipinski definition) is 7. The molecule has 0 spiro atoms. The van der Waals surface area contributed by atoms with E-state index in [2.05, 4.69) is 0 Å². The van der Waals surface area contributed by atoms with Crippen molar-refractivity contribution >= 4 is 0 Å². The monoisotopic (exact) mass is 328 g/mol. The van der Waals surface area contributed by atoms with E-state index >= 15 is 0 Å². The van der Waals surface area contributed by atoms with Crippen molar-refractivity contribution in [3.8, 4) is 17.2 Å². The Morgan fingerprint density at radius 1 is 0.565 bits per heavy atom. The summed E-state index contributed by atoms with van der Waals surface area (Å²) in [6, 6.07) is 5.12. The maximum absolute atomic E-state index is 10.1. The number of aromatic hydroxyl groups is 1. The van der Waals surface area contributed by atoms with Crippen LogP contribution in [0, 0.1) is 0 Å². The van der Waals surface area contributed by atoms with Crippen LogP contribution in [0.1, 0.15) is 0 Å². The number of phenolic OH excluding ortho intramolecular Hbond substituents is 1. The fourth-order valence-corrected chi connectivity index (χ4v) is 1.92.